The Labute approximate surface area is 100 Å². The van der Waals surface area contributed by atoms with Crippen molar-refractivity contribution < 1.29 is 5.11 Å². The van der Waals surface area contributed by atoms with Crippen LogP contribution in [0.3, 0.4) is 0 Å². The standard InChI is InChI=1S/C14H14N2O/c17-14(13-7-15-9-16-8-13)12-5-3-11(4-6-12)10-1-2-10/h3-10,14,17H,1-2H2. The van der Waals surface area contributed by atoms with Crippen molar-refractivity contribution >= 4 is 0 Å². The van der Waals surface area contributed by atoms with E-state index in [0.717, 1.165) is 17.0 Å². The fraction of sp³-hybridized carbons (Fsp3) is 0.286. The molecule has 1 aliphatic carbocycles. The van der Waals surface area contributed by atoms with E-state index in [2.05, 4.69) is 22.1 Å². The highest BCUT2D eigenvalue weighted by atomic mass is 16.3. The number of rotatable bonds is 3. The van der Waals surface area contributed by atoms with Gasteiger partial charge in [0.15, 0.2) is 0 Å². The molecule has 1 aromatic carbocycles. The lowest BCUT2D eigenvalue weighted by molar-refractivity contribution is 0.219. The fourth-order valence-corrected chi connectivity index (χ4v) is 2.01. The van der Waals surface area contributed by atoms with Crippen LogP contribution in [-0.4, -0.2) is 15.1 Å². The Morgan fingerprint density at radius 3 is 2.24 bits per heavy atom. The third-order valence-electron chi connectivity index (χ3n) is 3.20. The fourth-order valence-electron chi connectivity index (χ4n) is 2.01. The molecule has 1 atom stereocenters. The third-order valence-corrected chi connectivity index (χ3v) is 3.20. The Morgan fingerprint density at radius 2 is 1.65 bits per heavy atom. The highest BCUT2D eigenvalue weighted by molar-refractivity contribution is 5.32. The quantitative estimate of drug-likeness (QED) is 0.874. The first-order valence-corrected chi connectivity index (χ1v) is 5.87. The zero-order valence-corrected chi connectivity index (χ0v) is 9.45. The van der Waals surface area contributed by atoms with Gasteiger partial charge in [-0.15, -0.1) is 0 Å². The minimum Gasteiger partial charge on any atom is -0.384 e. The van der Waals surface area contributed by atoms with Crippen LogP contribution in [0.15, 0.2) is 43.0 Å². The Hall–Kier alpha value is -1.74. The van der Waals surface area contributed by atoms with E-state index in [9.17, 15) is 5.11 Å². The monoisotopic (exact) mass is 226 g/mol. The molecule has 1 saturated carbocycles. The molecule has 1 fully saturated rings. The first kappa shape index (κ1) is 10.4. The Balaban J connectivity index is 1.83. The maximum Gasteiger partial charge on any atom is 0.115 e. The number of hydrogen-bond donors (Lipinski definition) is 1. The summed E-state index contributed by atoms with van der Waals surface area (Å²) in [6.07, 6.45) is 6.72. The van der Waals surface area contributed by atoms with Crippen molar-refractivity contribution in [1.29, 1.82) is 0 Å². The van der Waals surface area contributed by atoms with Crippen molar-refractivity contribution in [3.8, 4) is 0 Å². The molecule has 0 radical (unpaired) electrons. The molecule has 0 aliphatic heterocycles. The van der Waals surface area contributed by atoms with Crippen LogP contribution in [-0.2, 0) is 0 Å². The van der Waals surface area contributed by atoms with Gasteiger partial charge in [0.2, 0.25) is 0 Å². The predicted octanol–water partition coefficient (Wildman–Crippen LogP) is 2.44. The largest absolute Gasteiger partial charge is 0.384 e. The molecule has 3 heteroatoms. The van der Waals surface area contributed by atoms with Crippen LogP contribution in [0.4, 0.5) is 0 Å². The zero-order chi connectivity index (χ0) is 11.7. The van der Waals surface area contributed by atoms with Crippen LogP contribution in [0.2, 0.25) is 0 Å². The summed E-state index contributed by atoms with van der Waals surface area (Å²) in [6, 6.07) is 8.21. The molecule has 3 rings (SSSR count). The van der Waals surface area contributed by atoms with E-state index in [1.54, 1.807) is 12.4 Å². The Kier molecular flexibility index (Phi) is 2.61. The first-order chi connectivity index (χ1) is 8.34. The van der Waals surface area contributed by atoms with E-state index in [0.29, 0.717) is 0 Å². The van der Waals surface area contributed by atoms with Crippen molar-refractivity contribution in [2.75, 3.05) is 0 Å². The molecule has 17 heavy (non-hydrogen) atoms. The van der Waals surface area contributed by atoms with Crippen LogP contribution >= 0.6 is 0 Å². The van der Waals surface area contributed by atoms with Crippen molar-refractivity contribution in [2.24, 2.45) is 0 Å². The van der Waals surface area contributed by atoms with Crippen LogP contribution < -0.4 is 0 Å². The summed E-state index contributed by atoms with van der Waals surface area (Å²) >= 11 is 0. The van der Waals surface area contributed by atoms with Gasteiger partial charge in [0.05, 0.1) is 0 Å². The number of nitrogens with zero attached hydrogens (tertiary/aromatic N) is 2. The van der Waals surface area contributed by atoms with Crippen LogP contribution in [0.25, 0.3) is 0 Å². The maximum atomic E-state index is 10.2. The van der Waals surface area contributed by atoms with Gasteiger partial charge in [-0.3, -0.25) is 0 Å². The van der Waals surface area contributed by atoms with Crippen molar-refractivity contribution in [3.05, 3.63) is 59.7 Å². The summed E-state index contributed by atoms with van der Waals surface area (Å²) in [4.78, 5) is 7.83. The van der Waals surface area contributed by atoms with Gasteiger partial charge < -0.3 is 5.11 Å². The van der Waals surface area contributed by atoms with Gasteiger partial charge >= 0.3 is 0 Å². The molecule has 0 saturated heterocycles. The predicted molar refractivity (Wildman–Crippen MR) is 64.5 cm³/mol. The molecule has 1 aliphatic rings. The topological polar surface area (TPSA) is 46.0 Å². The maximum absolute atomic E-state index is 10.2. The second kappa shape index (κ2) is 4.26. The molecule has 1 heterocycles. The van der Waals surface area contributed by atoms with Crippen molar-refractivity contribution in [3.63, 3.8) is 0 Å². The average Bonchev–Trinajstić information content (AvgIpc) is 3.24. The lowest BCUT2D eigenvalue weighted by atomic mass is 10.0. The Morgan fingerprint density at radius 1 is 1.00 bits per heavy atom. The molecule has 3 nitrogen and oxygen atoms in total. The van der Waals surface area contributed by atoms with Crippen molar-refractivity contribution in [1.82, 2.24) is 9.97 Å². The second-order valence-electron chi connectivity index (χ2n) is 4.52. The van der Waals surface area contributed by atoms with E-state index >= 15 is 0 Å². The zero-order valence-electron chi connectivity index (χ0n) is 9.45. The van der Waals surface area contributed by atoms with E-state index in [-0.39, 0.29) is 0 Å². The highest BCUT2D eigenvalue weighted by Gasteiger charge is 2.23. The lowest BCUT2D eigenvalue weighted by Gasteiger charge is -2.10. The average molecular weight is 226 g/mol. The minimum atomic E-state index is -0.635. The molecule has 1 aromatic heterocycles. The molecule has 0 bridgehead atoms. The molecular formula is C14H14N2O. The van der Waals surface area contributed by atoms with Gasteiger partial charge in [0, 0.05) is 18.0 Å². The summed E-state index contributed by atoms with van der Waals surface area (Å²) < 4.78 is 0. The summed E-state index contributed by atoms with van der Waals surface area (Å²) in [7, 11) is 0. The van der Waals surface area contributed by atoms with Crippen molar-refractivity contribution in [2.45, 2.75) is 24.9 Å². The van der Waals surface area contributed by atoms with E-state index in [1.165, 1.54) is 24.7 Å². The smallest absolute Gasteiger partial charge is 0.115 e. The van der Waals surface area contributed by atoms with E-state index in [4.69, 9.17) is 0 Å². The first-order valence-electron chi connectivity index (χ1n) is 5.87. The molecule has 0 spiro atoms. The highest BCUT2D eigenvalue weighted by Crippen LogP contribution is 2.40. The molecule has 1 unspecified atom stereocenters. The summed E-state index contributed by atoms with van der Waals surface area (Å²) in [5.41, 5.74) is 3.00. The molecule has 0 amide bonds. The number of hydrogen-bond acceptors (Lipinski definition) is 3. The lowest BCUT2D eigenvalue weighted by Crippen LogP contribution is -2.00. The summed E-state index contributed by atoms with van der Waals surface area (Å²) in [6.45, 7) is 0. The number of aliphatic hydroxyl groups excluding tert-OH is 1. The number of aromatic nitrogens is 2. The van der Waals surface area contributed by atoms with Gasteiger partial charge in [-0.1, -0.05) is 24.3 Å². The third kappa shape index (κ3) is 2.19. The van der Waals surface area contributed by atoms with Crippen LogP contribution in [0.5, 0.6) is 0 Å². The van der Waals surface area contributed by atoms with Gasteiger partial charge in [0.25, 0.3) is 0 Å². The molecule has 2 aromatic rings. The number of aliphatic hydroxyl groups is 1. The molecular weight excluding hydrogens is 212 g/mol. The molecule has 86 valence electrons. The molecule has 1 N–H and O–H groups in total. The van der Waals surface area contributed by atoms with Crippen LogP contribution in [0, 0.1) is 0 Å². The normalized spacial score (nSPS) is 16.8. The van der Waals surface area contributed by atoms with Gasteiger partial charge in [-0.2, -0.15) is 0 Å². The van der Waals surface area contributed by atoms with Gasteiger partial charge in [0.1, 0.15) is 12.4 Å². The van der Waals surface area contributed by atoms with E-state index in [1.807, 2.05) is 12.1 Å². The van der Waals surface area contributed by atoms with Gasteiger partial charge in [-0.25, -0.2) is 9.97 Å². The second-order valence-corrected chi connectivity index (χ2v) is 4.52. The van der Waals surface area contributed by atoms with Gasteiger partial charge in [-0.05, 0) is 29.9 Å². The van der Waals surface area contributed by atoms with E-state index < -0.39 is 6.10 Å². The summed E-state index contributed by atoms with van der Waals surface area (Å²) in [5, 5.41) is 10.2. The SMILES string of the molecule is OC(c1ccc(C2CC2)cc1)c1cncnc1. The Bertz CT molecular complexity index is 491. The summed E-state index contributed by atoms with van der Waals surface area (Å²) in [5.74, 6) is 0.751. The van der Waals surface area contributed by atoms with Crippen LogP contribution in [0.1, 0.15) is 41.6 Å². The number of benzene rings is 1. The minimum absolute atomic E-state index is 0.635.